The Morgan fingerprint density at radius 1 is 1.42 bits per heavy atom. The predicted octanol–water partition coefficient (Wildman–Crippen LogP) is 2.60. The molecule has 3 rings (SSSR count). The Kier molecular flexibility index (Phi) is 4.53. The average molecular weight is 332 g/mol. The van der Waals surface area contributed by atoms with Crippen molar-refractivity contribution in [3.05, 3.63) is 36.1 Å². The van der Waals surface area contributed by atoms with Crippen LogP contribution in [0.4, 0.5) is 15.0 Å². The standard InChI is InChI=1S/C17H21FN4O2/c1-11(23)14-4-3-9-22(14)17(24)19-16-10-15(21(2)20-16)12-5-7-13(18)8-6-12/h5-8,10-11,14,23H,3-4,9H2,1-2H3,(H,19,20,24)/t11?,14-/m0/s1. The number of halogens is 1. The summed E-state index contributed by atoms with van der Waals surface area (Å²) in [5.74, 6) is 0.130. The number of urea groups is 1. The van der Waals surface area contributed by atoms with Crippen molar-refractivity contribution in [2.75, 3.05) is 11.9 Å². The van der Waals surface area contributed by atoms with E-state index in [-0.39, 0.29) is 17.9 Å². The van der Waals surface area contributed by atoms with E-state index < -0.39 is 6.10 Å². The largest absolute Gasteiger partial charge is 0.391 e. The fourth-order valence-electron chi connectivity index (χ4n) is 3.15. The summed E-state index contributed by atoms with van der Waals surface area (Å²) in [6.07, 6.45) is 1.12. The molecule has 24 heavy (non-hydrogen) atoms. The number of carbonyl (C=O) groups is 1. The van der Waals surface area contributed by atoms with E-state index in [1.54, 1.807) is 41.8 Å². The number of hydrogen-bond donors (Lipinski definition) is 2. The molecule has 2 heterocycles. The van der Waals surface area contributed by atoms with Crippen molar-refractivity contribution in [1.82, 2.24) is 14.7 Å². The Hall–Kier alpha value is -2.41. The van der Waals surface area contributed by atoms with Gasteiger partial charge in [-0.2, -0.15) is 5.10 Å². The molecule has 1 fully saturated rings. The molecule has 0 spiro atoms. The second-order valence-corrected chi connectivity index (χ2v) is 6.12. The summed E-state index contributed by atoms with van der Waals surface area (Å²) in [4.78, 5) is 14.1. The number of aliphatic hydroxyl groups excluding tert-OH is 1. The Morgan fingerprint density at radius 2 is 2.12 bits per heavy atom. The number of aliphatic hydroxyl groups is 1. The van der Waals surface area contributed by atoms with E-state index in [1.807, 2.05) is 0 Å². The van der Waals surface area contributed by atoms with Gasteiger partial charge >= 0.3 is 6.03 Å². The number of amides is 2. The summed E-state index contributed by atoms with van der Waals surface area (Å²) in [5, 5.41) is 16.9. The SMILES string of the molecule is CC(O)[C@@H]1CCCN1C(=O)Nc1cc(-c2ccc(F)cc2)n(C)n1. The van der Waals surface area contributed by atoms with Crippen LogP contribution in [0.2, 0.25) is 0 Å². The number of hydrogen-bond acceptors (Lipinski definition) is 3. The first kappa shape index (κ1) is 16.4. The summed E-state index contributed by atoms with van der Waals surface area (Å²) in [6, 6.07) is 7.44. The summed E-state index contributed by atoms with van der Waals surface area (Å²) < 4.78 is 14.7. The van der Waals surface area contributed by atoms with Crippen LogP contribution < -0.4 is 5.32 Å². The number of rotatable bonds is 3. The first-order valence-electron chi connectivity index (χ1n) is 8.01. The number of benzene rings is 1. The molecule has 0 saturated carbocycles. The molecule has 128 valence electrons. The van der Waals surface area contributed by atoms with Crippen LogP contribution in [0.5, 0.6) is 0 Å². The van der Waals surface area contributed by atoms with Crippen LogP contribution in [0.1, 0.15) is 19.8 Å². The number of aryl methyl sites for hydroxylation is 1. The second-order valence-electron chi connectivity index (χ2n) is 6.12. The van der Waals surface area contributed by atoms with Crippen LogP contribution in [0, 0.1) is 5.82 Å². The number of aromatic nitrogens is 2. The van der Waals surface area contributed by atoms with Crippen molar-refractivity contribution in [2.45, 2.75) is 31.9 Å². The zero-order valence-electron chi connectivity index (χ0n) is 13.7. The van der Waals surface area contributed by atoms with Gasteiger partial charge in [0.1, 0.15) is 5.82 Å². The number of anilines is 1. The van der Waals surface area contributed by atoms with Crippen LogP contribution in [-0.4, -0.2) is 44.5 Å². The highest BCUT2D eigenvalue weighted by Gasteiger charge is 2.32. The molecule has 1 aliphatic rings. The van der Waals surface area contributed by atoms with Crippen LogP contribution >= 0.6 is 0 Å². The van der Waals surface area contributed by atoms with Gasteiger partial charge in [-0.25, -0.2) is 9.18 Å². The molecular formula is C17H21FN4O2. The fraction of sp³-hybridized carbons (Fsp3) is 0.412. The fourth-order valence-corrected chi connectivity index (χ4v) is 3.15. The second kappa shape index (κ2) is 6.60. The number of carbonyl (C=O) groups excluding carboxylic acids is 1. The summed E-state index contributed by atoms with van der Waals surface area (Å²) in [5.41, 5.74) is 1.59. The van der Waals surface area contributed by atoms with Crippen molar-refractivity contribution in [2.24, 2.45) is 7.05 Å². The number of nitrogens with one attached hydrogen (secondary N) is 1. The van der Waals surface area contributed by atoms with Gasteiger partial charge in [-0.15, -0.1) is 0 Å². The topological polar surface area (TPSA) is 70.4 Å². The number of nitrogens with zero attached hydrogens (tertiary/aromatic N) is 3. The Bertz CT molecular complexity index is 727. The maximum Gasteiger partial charge on any atom is 0.323 e. The third kappa shape index (κ3) is 3.26. The lowest BCUT2D eigenvalue weighted by Crippen LogP contribution is -2.43. The van der Waals surface area contributed by atoms with Gasteiger partial charge in [-0.1, -0.05) is 0 Å². The molecule has 0 bridgehead atoms. The highest BCUT2D eigenvalue weighted by atomic mass is 19.1. The minimum absolute atomic E-state index is 0.162. The first-order chi connectivity index (χ1) is 11.5. The molecule has 0 aliphatic carbocycles. The van der Waals surface area contributed by atoms with Gasteiger partial charge in [0, 0.05) is 25.2 Å². The van der Waals surface area contributed by atoms with E-state index in [4.69, 9.17) is 0 Å². The van der Waals surface area contributed by atoms with Gasteiger partial charge in [0.15, 0.2) is 5.82 Å². The highest BCUT2D eigenvalue weighted by Crippen LogP contribution is 2.24. The summed E-state index contributed by atoms with van der Waals surface area (Å²) in [7, 11) is 1.77. The molecule has 2 amide bonds. The third-order valence-electron chi connectivity index (χ3n) is 4.37. The van der Waals surface area contributed by atoms with E-state index in [0.717, 1.165) is 24.1 Å². The Labute approximate surface area is 139 Å². The third-order valence-corrected chi connectivity index (χ3v) is 4.37. The predicted molar refractivity (Wildman–Crippen MR) is 89.0 cm³/mol. The Morgan fingerprint density at radius 3 is 2.79 bits per heavy atom. The lowest BCUT2D eigenvalue weighted by Gasteiger charge is -2.26. The molecule has 1 saturated heterocycles. The molecule has 2 N–H and O–H groups in total. The minimum atomic E-state index is -0.559. The van der Waals surface area contributed by atoms with E-state index in [0.29, 0.717) is 12.4 Å². The molecule has 2 atom stereocenters. The van der Waals surface area contributed by atoms with Crippen LogP contribution in [0.3, 0.4) is 0 Å². The first-order valence-corrected chi connectivity index (χ1v) is 8.01. The van der Waals surface area contributed by atoms with Crippen molar-refractivity contribution in [3.8, 4) is 11.3 Å². The minimum Gasteiger partial charge on any atom is -0.391 e. The zero-order valence-corrected chi connectivity index (χ0v) is 13.7. The maximum atomic E-state index is 13.0. The van der Waals surface area contributed by atoms with Gasteiger partial charge in [0.2, 0.25) is 0 Å². The van der Waals surface area contributed by atoms with Gasteiger partial charge in [-0.3, -0.25) is 10.00 Å². The lowest BCUT2D eigenvalue weighted by molar-refractivity contribution is 0.103. The van der Waals surface area contributed by atoms with Gasteiger partial charge in [0.25, 0.3) is 0 Å². The van der Waals surface area contributed by atoms with E-state index in [9.17, 15) is 14.3 Å². The monoisotopic (exact) mass is 332 g/mol. The smallest absolute Gasteiger partial charge is 0.323 e. The van der Waals surface area contributed by atoms with E-state index >= 15 is 0 Å². The van der Waals surface area contributed by atoms with Crippen LogP contribution in [0.15, 0.2) is 30.3 Å². The molecule has 7 heteroatoms. The molecule has 0 radical (unpaired) electrons. The van der Waals surface area contributed by atoms with Crippen LogP contribution in [-0.2, 0) is 7.05 Å². The number of likely N-dealkylation sites (tertiary alicyclic amines) is 1. The molecule has 1 aliphatic heterocycles. The van der Waals surface area contributed by atoms with Crippen molar-refractivity contribution < 1.29 is 14.3 Å². The Balaban J connectivity index is 1.75. The molecule has 1 unspecified atom stereocenters. The van der Waals surface area contributed by atoms with Crippen LogP contribution in [0.25, 0.3) is 11.3 Å². The molecule has 1 aromatic heterocycles. The summed E-state index contributed by atoms with van der Waals surface area (Å²) in [6.45, 7) is 2.32. The van der Waals surface area contributed by atoms with E-state index in [1.165, 1.54) is 12.1 Å². The summed E-state index contributed by atoms with van der Waals surface area (Å²) >= 11 is 0. The van der Waals surface area contributed by atoms with Crippen molar-refractivity contribution in [3.63, 3.8) is 0 Å². The van der Waals surface area contributed by atoms with Gasteiger partial charge in [0.05, 0.1) is 17.8 Å². The molecule has 6 nitrogen and oxygen atoms in total. The van der Waals surface area contributed by atoms with E-state index in [2.05, 4.69) is 10.4 Å². The zero-order chi connectivity index (χ0) is 17.3. The van der Waals surface area contributed by atoms with Crippen molar-refractivity contribution in [1.29, 1.82) is 0 Å². The normalized spacial score (nSPS) is 18.7. The van der Waals surface area contributed by atoms with Gasteiger partial charge in [-0.05, 0) is 44.0 Å². The highest BCUT2D eigenvalue weighted by molar-refractivity contribution is 5.89. The average Bonchev–Trinajstić information content (AvgIpc) is 3.15. The molecule has 1 aromatic carbocycles. The molecular weight excluding hydrogens is 311 g/mol. The molecule has 2 aromatic rings. The van der Waals surface area contributed by atoms with Gasteiger partial charge < -0.3 is 10.0 Å². The lowest BCUT2D eigenvalue weighted by atomic mass is 10.1. The van der Waals surface area contributed by atoms with Crippen molar-refractivity contribution >= 4 is 11.8 Å². The quantitative estimate of drug-likeness (QED) is 0.908. The maximum absolute atomic E-state index is 13.0.